The number of allylic oxidation sites excluding steroid dienone is 1. The molecule has 11 heteroatoms. The number of ether oxygens (including phenoxy) is 1. The molecule has 2 aromatic carbocycles. The Morgan fingerprint density at radius 2 is 1.81 bits per heavy atom. The molecule has 11 nitrogen and oxygen atoms in total. The molecular formula is C36H46N8O3. The van der Waals surface area contributed by atoms with E-state index in [-0.39, 0.29) is 47.6 Å². The Morgan fingerprint density at radius 1 is 1.09 bits per heavy atom. The van der Waals surface area contributed by atoms with E-state index in [1.165, 1.54) is 4.57 Å². The summed E-state index contributed by atoms with van der Waals surface area (Å²) in [4.78, 5) is 19.9. The molecule has 248 valence electrons. The Labute approximate surface area is 276 Å². The molecular weight excluding hydrogens is 592 g/mol. The minimum Gasteiger partial charge on any atom is -0.484 e. The highest BCUT2D eigenvalue weighted by atomic mass is 16.5. The first kappa shape index (κ1) is 33.5. The number of rotatable bonds is 6. The van der Waals surface area contributed by atoms with Crippen LogP contribution >= 0.6 is 0 Å². The molecule has 1 fully saturated rings. The first-order valence-electron chi connectivity index (χ1n) is 16.1. The molecule has 1 aromatic heterocycles. The Kier molecular flexibility index (Phi) is 10.1. The van der Waals surface area contributed by atoms with Gasteiger partial charge < -0.3 is 25.8 Å². The van der Waals surface area contributed by atoms with Crippen LogP contribution in [0.3, 0.4) is 0 Å². The monoisotopic (exact) mass is 638 g/mol. The van der Waals surface area contributed by atoms with Gasteiger partial charge in [0.25, 0.3) is 0 Å². The minimum absolute atomic E-state index is 0.0923. The van der Waals surface area contributed by atoms with Gasteiger partial charge in [0, 0.05) is 42.8 Å². The number of aliphatic imine (C=N–C) groups is 1. The van der Waals surface area contributed by atoms with Gasteiger partial charge in [-0.3, -0.25) is 20.7 Å². The maximum Gasteiger partial charge on any atom is 0.320 e. The van der Waals surface area contributed by atoms with Crippen LogP contribution in [0.1, 0.15) is 68.9 Å². The van der Waals surface area contributed by atoms with E-state index in [1.54, 1.807) is 24.4 Å². The van der Waals surface area contributed by atoms with Crippen LogP contribution in [0.15, 0.2) is 83.6 Å². The van der Waals surface area contributed by atoms with Gasteiger partial charge in [-0.15, -0.1) is 0 Å². The topological polar surface area (TPSA) is 165 Å². The van der Waals surface area contributed by atoms with Gasteiger partial charge >= 0.3 is 6.03 Å². The molecule has 0 spiro atoms. The zero-order chi connectivity index (χ0) is 33.7. The van der Waals surface area contributed by atoms with E-state index in [9.17, 15) is 9.90 Å². The first-order valence-corrected chi connectivity index (χ1v) is 16.1. The number of nitrogens with two attached hydrogens (primary N) is 1. The van der Waals surface area contributed by atoms with Crippen LogP contribution in [0, 0.1) is 29.1 Å². The van der Waals surface area contributed by atoms with Crippen LogP contribution in [0.4, 0.5) is 10.5 Å². The normalized spacial score (nSPS) is 20.0. The van der Waals surface area contributed by atoms with Crippen LogP contribution in [-0.2, 0) is 0 Å². The molecule has 47 heavy (non-hydrogen) atoms. The number of nitrogens with one attached hydrogen (secondary N) is 4. The number of likely N-dealkylation sites (tertiary alicyclic amines) is 1. The standard InChI is InChI=1S/C36H46N8O3/c1-23-9-11-25(12-10-23)40-33(19-31(37)36(2,3)4)42-35(46)41-29-14-15-30(28-8-6-5-7-27(28)29)47-26-13-16-32(38)44(21-26)34(39)43-18-17-24(20-43)22-45/h5-13,16,19,21,24,29-30,38-39,45H,14-15,17-18,20,22,37H2,1-4H3,(H2,40,41,42,46)/b31-19-,38-32?,39-34?/t24-,29+,30-/m1/s1. The number of amides is 2. The van der Waals surface area contributed by atoms with Gasteiger partial charge in [-0.25, -0.2) is 9.79 Å². The number of fused-ring (bicyclic) bond motifs is 1. The number of aliphatic hydroxyl groups excluding tert-OH is 1. The fourth-order valence-electron chi connectivity index (χ4n) is 5.77. The van der Waals surface area contributed by atoms with E-state index in [4.69, 9.17) is 21.3 Å². The highest BCUT2D eigenvalue weighted by molar-refractivity contribution is 6.05. The largest absolute Gasteiger partial charge is 0.484 e. The van der Waals surface area contributed by atoms with E-state index in [0.29, 0.717) is 48.9 Å². The number of aryl methyl sites for hydroxylation is 1. The summed E-state index contributed by atoms with van der Waals surface area (Å²) in [5.41, 5.74) is 10.6. The van der Waals surface area contributed by atoms with Gasteiger partial charge in [0.15, 0.2) is 0 Å². The number of benzene rings is 2. The lowest BCUT2D eigenvalue weighted by Crippen LogP contribution is -2.42. The minimum atomic E-state index is -0.385. The molecule has 1 aliphatic carbocycles. The number of carbonyl (C=O) groups excluding carboxylic acids is 1. The molecule has 1 saturated heterocycles. The van der Waals surface area contributed by atoms with E-state index in [2.05, 4.69) is 15.6 Å². The van der Waals surface area contributed by atoms with Crippen LogP contribution in [0.2, 0.25) is 0 Å². The number of hydrogen-bond donors (Lipinski definition) is 6. The number of carbonyl (C=O) groups is 1. The summed E-state index contributed by atoms with van der Waals surface area (Å²) in [7, 11) is 0. The van der Waals surface area contributed by atoms with Crippen LogP contribution in [-0.4, -0.2) is 52.1 Å². The van der Waals surface area contributed by atoms with Crippen LogP contribution < -0.4 is 26.6 Å². The number of hydrogen-bond acceptors (Lipinski definition) is 7. The molecule has 2 amide bonds. The van der Waals surface area contributed by atoms with Crippen LogP contribution in [0.25, 0.3) is 0 Å². The summed E-state index contributed by atoms with van der Waals surface area (Å²) in [6.45, 7) is 9.37. The molecule has 0 unspecified atom stereocenters. The van der Waals surface area contributed by atoms with Gasteiger partial charge in [0.2, 0.25) is 5.96 Å². The number of urea groups is 1. The quantitative estimate of drug-likeness (QED) is 0.160. The molecule has 7 N–H and O–H groups in total. The lowest BCUT2D eigenvalue weighted by atomic mass is 9.85. The summed E-state index contributed by atoms with van der Waals surface area (Å²) >= 11 is 0. The lowest BCUT2D eigenvalue weighted by Gasteiger charge is -2.32. The molecule has 2 aliphatic rings. The fourth-order valence-corrected chi connectivity index (χ4v) is 5.77. The van der Waals surface area contributed by atoms with Gasteiger partial charge in [0.1, 0.15) is 23.2 Å². The smallest absolute Gasteiger partial charge is 0.320 e. The van der Waals surface area contributed by atoms with Gasteiger partial charge in [-0.05, 0) is 61.6 Å². The van der Waals surface area contributed by atoms with Crippen molar-refractivity contribution in [3.8, 4) is 5.75 Å². The van der Waals surface area contributed by atoms with E-state index in [0.717, 1.165) is 23.1 Å². The van der Waals surface area contributed by atoms with Crippen molar-refractivity contribution >= 4 is 23.5 Å². The maximum absolute atomic E-state index is 13.4. The molecule has 3 atom stereocenters. The van der Waals surface area contributed by atoms with Crippen molar-refractivity contribution in [3.05, 3.63) is 101 Å². The predicted octanol–water partition coefficient (Wildman–Crippen LogP) is 5.25. The van der Waals surface area contributed by atoms with E-state index >= 15 is 0 Å². The highest BCUT2D eigenvalue weighted by Gasteiger charge is 2.30. The lowest BCUT2D eigenvalue weighted by molar-refractivity contribution is 0.171. The maximum atomic E-state index is 13.4. The predicted molar refractivity (Wildman–Crippen MR) is 184 cm³/mol. The highest BCUT2D eigenvalue weighted by Crippen LogP contribution is 2.38. The second-order valence-corrected chi connectivity index (χ2v) is 13.4. The molecule has 3 aromatic rings. The summed E-state index contributed by atoms with van der Waals surface area (Å²) in [6, 6.07) is 18.4. The molecule has 0 radical (unpaired) electrons. The summed E-state index contributed by atoms with van der Waals surface area (Å²) < 4.78 is 7.98. The van der Waals surface area contributed by atoms with Crippen molar-refractivity contribution in [2.24, 2.45) is 22.1 Å². The Bertz CT molecular complexity index is 1720. The third kappa shape index (κ3) is 8.28. The van der Waals surface area contributed by atoms with Crippen molar-refractivity contribution in [2.45, 2.75) is 59.1 Å². The zero-order valence-electron chi connectivity index (χ0n) is 27.6. The molecule has 5 rings (SSSR count). The third-order valence-corrected chi connectivity index (χ3v) is 8.70. The second kappa shape index (κ2) is 14.3. The van der Waals surface area contributed by atoms with Gasteiger partial charge in [0.05, 0.1) is 17.9 Å². The van der Waals surface area contributed by atoms with E-state index < -0.39 is 0 Å². The van der Waals surface area contributed by atoms with Crippen molar-refractivity contribution in [1.82, 2.24) is 20.1 Å². The summed E-state index contributed by atoms with van der Waals surface area (Å²) in [6.07, 6.45) is 5.22. The summed E-state index contributed by atoms with van der Waals surface area (Å²) in [5.74, 6) is 1.23. The van der Waals surface area contributed by atoms with Crippen molar-refractivity contribution in [3.63, 3.8) is 0 Å². The average molecular weight is 639 g/mol. The Hall–Kier alpha value is -4.90. The number of aromatic nitrogens is 1. The van der Waals surface area contributed by atoms with Crippen molar-refractivity contribution in [1.29, 1.82) is 10.8 Å². The SMILES string of the molecule is Cc1ccc(N=C(/C=C(\N)C(C)(C)C)NC(=O)N[C@H]2CC[C@@H](Oc3ccc(=N)n(C(=N)N4CC[C@@H](CO)C4)c3)c3ccccc32)cc1. The Morgan fingerprint density at radius 3 is 2.49 bits per heavy atom. The second-order valence-electron chi connectivity index (χ2n) is 13.4. The Balaban J connectivity index is 1.31. The molecule has 0 bridgehead atoms. The first-order chi connectivity index (χ1) is 22.4. The summed E-state index contributed by atoms with van der Waals surface area (Å²) in [5, 5.41) is 32.7. The third-order valence-electron chi connectivity index (χ3n) is 8.70. The van der Waals surface area contributed by atoms with E-state index in [1.807, 2.05) is 81.1 Å². The van der Waals surface area contributed by atoms with Crippen LogP contribution in [0.5, 0.6) is 5.75 Å². The molecule has 2 heterocycles. The number of pyridine rings is 1. The van der Waals surface area contributed by atoms with Gasteiger partial charge in [-0.1, -0.05) is 62.7 Å². The van der Waals surface area contributed by atoms with Gasteiger partial charge in [-0.2, -0.15) is 0 Å². The van der Waals surface area contributed by atoms with Crippen molar-refractivity contribution < 1.29 is 14.6 Å². The average Bonchev–Trinajstić information content (AvgIpc) is 3.53. The fraction of sp³-hybridized carbons (Fsp3) is 0.389. The number of aliphatic hydroxyl groups is 1. The molecule has 0 saturated carbocycles. The zero-order valence-corrected chi connectivity index (χ0v) is 27.6. The number of amidine groups is 1. The molecule has 1 aliphatic heterocycles. The number of nitrogens with zero attached hydrogens (tertiary/aromatic N) is 3. The van der Waals surface area contributed by atoms with Crippen molar-refractivity contribution in [2.75, 3.05) is 19.7 Å².